The number of nitrogens with zero attached hydrogens (tertiary/aromatic N) is 2. The van der Waals surface area contributed by atoms with Gasteiger partial charge in [0.1, 0.15) is 0 Å². The fourth-order valence-corrected chi connectivity index (χ4v) is 4.31. The van der Waals surface area contributed by atoms with Crippen molar-refractivity contribution in [2.75, 3.05) is 5.75 Å². The molecule has 10 nitrogen and oxygen atoms in total. The lowest BCUT2D eigenvalue weighted by atomic mass is 10.2. The van der Waals surface area contributed by atoms with Gasteiger partial charge in [-0.15, -0.1) is 9.66 Å². The number of hydrogen-bond donors (Lipinski definition) is 2. The molecule has 0 aliphatic rings. The van der Waals surface area contributed by atoms with Crippen LogP contribution in [0, 0.1) is 0 Å². The minimum Gasteiger partial charge on any atom is -0.302 e. The van der Waals surface area contributed by atoms with Gasteiger partial charge in [-0.3, -0.25) is 9.36 Å². The summed E-state index contributed by atoms with van der Waals surface area (Å²) in [5, 5.41) is 0. The van der Waals surface area contributed by atoms with Gasteiger partial charge in [-0.25, -0.2) is 21.6 Å². The predicted octanol–water partition coefficient (Wildman–Crippen LogP) is -1.22. The fourth-order valence-electron chi connectivity index (χ4n) is 1.90. The Bertz CT molecular complexity index is 898. The lowest BCUT2D eigenvalue weighted by Crippen LogP contribution is -2.46. The summed E-state index contributed by atoms with van der Waals surface area (Å²) in [6.07, 6.45) is 3.77. The van der Waals surface area contributed by atoms with E-state index in [1.54, 1.807) is 9.66 Å². The molecule has 0 radical (unpaired) electrons. The maximum atomic E-state index is 12.1. The third-order valence-corrected chi connectivity index (χ3v) is 5.90. The van der Waals surface area contributed by atoms with Crippen LogP contribution in [0.15, 0.2) is 20.7 Å². The summed E-state index contributed by atoms with van der Waals surface area (Å²) in [6, 6.07) is 0. The molecule has 1 rings (SSSR count). The molecule has 1 aromatic heterocycles. The monoisotopic (exact) mass is 382 g/mol. The Kier molecular flexibility index (Phi) is 6.89. The fraction of sp³-hybridized carbons (Fsp3) is 0.667. The van der Waals surface area contributed by atoms with Gasteiger partial charge in [0, 0.05) is 20.3 Å². The number of unbranched alkanes of at least 4 members (excludes halogenated alkanes) is 3. The zero-order valence-electron chi connectivity index (χ0n) is 13.8. The maximum Gasteiger partial charge on any atom is 0.330 e. The molecule has 24 heavy (non-hydrogen) atoms. The summed E-state index contributed by atoms with van der Waals surface area (Å²) in [5.41, 5.74) is -1.75. The standard InChI is InChI=1S/C12H22N4O6S2/c1-4-5-6-7-8-23(19,20)13-14-24(21,22)10-9-15(2)12(18)16(3)11(10)17/h9,13-14H,4-8H2,1-3H3. The Labute approximate surface area is 140 Å². The molecule has 0 atom stereocenters. The Morgan fingerprint density at radius 2 is 1.62 bits per heavy atom. The van der Waals surface area contributed by atoms with Crippen LogP contribution in [0.2, 0.25) is 0 Å². The van der Waals surface area contributed by atoms with Crippen LogP contribution in [0.5, 0.6) is 0 Å². The number of rotatable bonds is 9. The molecule has 12 heteroatoms. The number of aryl methyl sites for hydroxylation is 1. The SMILES string of the molecule is CCCCCCS(=O)(=O)NNS(=O)(=O)c1cn(C)c(=O)n(C)c1=O. The van der Waals surface area contributed by atoms with Gasteiger partial charge >= 0.3 is 5.69 Å². The van der Waals surface area contributed by atoms with Crippen molar-refractivity contribution in [2.24, 2.45) is 14.1 Å². The second-order valence-electron chi connectivity index (χ2n) is 5.34. The molecule has 2 N–H and O–H groups in total. The molecule has 0 aromatic carbocycles. The van der Waals surface area contributed by atoms with E-state index in [9.17, 15) is 26.4 Å². The van der Waals surface area contributed by atoms with Gasteiger partial charge in [-0.1, -0.05) is 26.2 Å². The van der Waals surface area contributed by atoms with Crippen LogP contribution in [0.25, 0.3) is 0 Å². The van der Waals surface area contributed by atoms with Gasteiger partial charge in [-0.05, 0) is 6.42 Å². The first-order valence-corrected chi connectivity index (χ1v) is 10.4. The van der Waals surface area contributed by atoms with Gasteiger partial charge in [0.2, 0.25) is 10.0 Å². The molecular formula is C12H22N4O6S2. The van der Waals surface area contributed by atoms with E-state index in [2.05, 4.69) is 0 Å². The highest BCUT2D eigenvalue weighted by Crippen LogP contribution is 2.02. The second kappa shape index (κ2) is 8.05. The zero-order chi connectivity index (χ0) is 18.5. The number of sulfonamides is 2. The minimum atomic E-state index is -4.45. The van der Waals surface area contributed by atoms with Crippen molar-refractivity contribution in [3.63, 3.8) is 0 Å². The van der Waals surface area contributed by atoms with Gasteiger partial charge in [0.05, 0.1) is 5.75 Å². The molecule has 1 heterocycles. The third-order valence-electron chi connectivity index (χ3n) is 3.30. The van der Waals surface area contributed by atoms with Crippen molar-refractivity contribution in [2.45, 2.75) is 37.5 Å². The summed E-state index contributed by atoms with van der Waals surface area (Å²) in [5.74, 6) is -0.235. The van der Waals surface area contributed by atoms with E-state index in [0.717, 1.165) is 30.7 Å². The highest BCUT2D eigenvalue weighted by molar-refractivity contribution is 7.92. The molecule has 138 valence electrons. The van der Waals surface area contributed by atoms with Crippen LogP contribution in [0.4, 0.5) is 0 Å². The van der Waals surface area contributed by atoms with Gasteiger partial charge in [0.15, 0.2) is 4.90 Å². The average Bonchev–Trinajstić information content (AvgIpc) is 2.51. The Balaban J connectivity index is 2.92. The molecular weight excluding hydrogens is 360 g/mol. The summed E-state index contributed by atoms with van der Waals surface area (Å²) in [7, 11) is -5.91. The van der Waals surface area contributed by atoms with Crippen molar-refractivity contribution in [3.8, 4) is 0 Å². The lowest BCUT2D eigenvalue weighted by molar-refractivity contribution is 0.550. The van der Waals surface area contributed by atoms with Crippen LogP contribution < -0.4 is 20.9 Å². The second-order valence-corrected chi connectivity index (χ2v) is 8.83. The first kappa shape index (κ1) is 20.5. The van der Waals surface area contributed by atoms with E-state index < -0.39 is 36.2 Å². The van der Waals surface area contributed by atoms with Crippen molar-refractivity contribution >= 4 is 20.0 Å². The van der Waals surface area contributed by atoms with Crippen LogP contribution >= 0.6 is 0 Å². The molecule has 0 aliphatic heterocycles. The molecule has 0 unspecified atom stereocenters. The summed E-state index contributed by atoms with van der Waals surface area (Å²) in [6.45, 7) is 1.98. The lowest BCUT2D eigenvalue weighted by Gasteiger charge is -2.10. The predicted molar refractivity (Wildman–Crippen MR) is 88.3 cm³/mol. The quantitative estimate of drug-likeness (QED) is 0.406. The van der Waals surface area contributed by atoms with E-state index >= 15 is 0 Å². The summed E-state index contributed by atoms with van der Waals surface area (Å²) < 4.78 is 49.3. The van der Waals surface area contributed by atoms with Crippen molar-refractivity contribution < 1.29 is 16.8 Å². The molecule has 0 amide bonds. The highest BCUT2D eigenvalue weighted by atomic mass is 32.2. The molecule has 1 aromatic rings. The van der Waals surface area contributed by atoms with E-state index in [0.29, 0.717) is 17.4 Å². The Hall–Kier alpha value is -1.50. The van der Waals surface area contributed by atoms with Gasteiger partial charge in [-0.2, -0.15) is 0 Å². The van der Waals surface area contributed by atoms with Gasteiger partial charge < -0.3 is 4.57 Å². The normalized spacial score (nSPS) is 12.5. The van der Waals surface area contributed by atoms with Gasteiger partial charge in [0.25, 0.3) is 15.6 Å². The number of hydrogen-bond acceptors (Lipinski definition) is 6. The van der Waals surface area contributed by atoms with Crippen LogP contribution in [-0.2, 0) is 34.1 Å². The number of hydrazine groups is 1. The largest absolute Gasteiger partial charge is 0.330 e. The van der Waals surface area contributed by atoms with E-state index in [1.807, 2.05) is 6.92 Å². The molecule has 0 aliphatic carbocycles. The maximum absolute atomic E-state index is 12.1. The zero-order valence-corrected chi connectivity index (χ0v) is 15.4. The Morgan fingerprint density at radius 3 is 2.21 bits per heavy atom. The van der Waals surface area contributed by atoms with Crippen LogP contribution in [0.3, 0.4) is 0 Å². The third kappa shape index (κ3) is 5.26. The summed E-state index contributed by atoms with van der Waals surface area (Å²) in [4.78, 5) is 26.2. The van der Waals surface area contributed by atoms with E-state index in [1.165, 1.54) is 7.05 Å². The van der Waals surface area contributed by atoms with E-state index in [4.69, 9.17) is 0 Å². The highest BCUT2D eigenvalue weighted by Gasteiger charge is 2.23. The molecule has 0 saturated carbocycles. The summed E-state index contributed by atoms with van der Waals surface area (Å²) >= 11 is 0. The topological polar surface area (TPSA) is 136 Å². The van der Waals surface area contributed by atoms with Crippen LogP contribution in [0.1, 0.15) is 32.6 Å². The number of aromatic nitrogens is 2. The molecule has 0 spiro atoms. The van der Waals surface area contributed by atoms with E-state index in [-0.39, 0.29) is 5.75 Å². The Morgan fingerprint density at radius 1 is 1.00 bits per heavy atom. The molecule has 0 fully saturated rings. The van der Waals surface area contributed by atoms with Crippen molar-refractivity contribution in [1.82, 2.24) is 18.8 Å². The minimum absolute atomic E-state index is 0.235. The van der Waals surface area contributed by atoms with Crippen molar-refractivity contribution in [1.29, 1.82) is 0 Å². The van der Waals surface area contributed by atoms with Crippen LogP contribution in [-0.4, -0.2) is 31.7 Å². The first-order chi connectivity index (χ1) is 11.0. The molecule has 0 bridgehead atoms. The average molecular weight is 382 g/mol. The van der Waals surface area contributed by atoms with Crippen molar-refractivity contribution in [3.05, 3.63) is 27.0 Å². The molecule has 0 saturated heterocycles. The smallest absolute Gasteiger partial charge is 0.302 e. The first-order valence-electron chi connectivity index (χ1n) is 7.30. The number of nitrogens with one attached hydrogen (secondary N) is 2.